The van der Waals surface area contributed by atoms with E-state index in [0.717, 1.165) is 0 Å². The lowest BCUT2D eigenvalue weighted by atomic mass is 10.2. The van der Waals surface area contributed by atoms with Crippen LogP contribution in [0.5, 0.6) is 0 Å². The van der Waals surface area contributed by atoms with Crippen LogP contribution in [-0.2, 0) is 4.79 Å². The van der Waals surface area contributed by atoms with E-state index in [2.05, 4.69) is 5.32 Å². The molecule has 3 rings (SSSR count). The maximum atomic E-state index is 13.3. The Morgan fingerprint density at radius 1 is 1.00 bits per heavy atom. The molecule has 130 valence electrons. The maximum Gasteiger partial charge on any atom is 0.352 e. The molecule has 0 aliphatic rings. The first-order chi connectivity index (χ1) is 12.5. The minimum atomic E-state index is -1.31. The van der Waals surface area contributed by atoms with Crippen LogP contribution in [0.2, 0.25) is 0 Å². The van der Waals surface area contributed by atoms with Crippen LogP contribution in [-0.4, -0.2) is 17.0 Å². The summed E-state index contributed by atoms with van der Waals surface area (Å²) >= 11 is 0. The van der Waals surface area contributed by atoms with Crippen LogP contribution < -0.4 is 5.32 Å². The summed E-state index contributed by atoms with van der Waals surface area (Å²) in [7, 11) is 0. The number of carbonyl (C=O) groups excluding carboxylic acids is 1. The van der Waals surface area contributed by atoms with Crippen molar-refractivity contribution >= 4 is 18.0 Å². The van der Waals surface area contributed by atoms with Gasteiger partial charge in [0.15, 0.2) is 0 Å². The summed E-state index contributed by atoms with van der Waals surface area (Å²) in [5.74, 6) is -1.66. The fourth-order valence-electron chi connectivity index (χ4n) is 2.30. The molecule has 0 spiro atoms. The molecule has 0 atom stereocenters. The van der Waals surface area contributed by atoms with Gasteiger partial charge in [-0.2, -0.15) is 0 Å². The zero-order valence-electron chi connectivity index (χ0n) is 13.5. The van der Waals surface area contributed by atoms with Crippen molar-refractivity contribution in [2.24, 2.45) is 0 Å². The third-order valence-electron chi connectivity index (χ3n) is 3.54. The van der Waals surface area contributed by atoms with Crippen molar-refractivity contribution in [1.82, 2.24) is 5.32 Å². The van der Waals surface area contributed by atoms with E-state index < -0.39 is 17.7 Å². The second-order valence-electron chi connectivity index (χ2n) is 5.40. The monoisotopic (exact) mass is 351 g/mol. The third kappa shape index (κ3) is 4.05. The number of furan rings is 1. The van der Waals surface area contributed by atoms with E-state index in [0.29, 0.717) is 16.9 Å². The lowest BCUT2D eigenvalue weighted by molar-refractivity contribution is -0.132. The van der Waals surface area contributed by atoms with E-state index in [9.17, 15) is 19.1 Å². The average molecular weight is 351 g/mol. The molecule has 0 saturated heterocycles. The van der Waals surface area contributed by atoms with Crippen LogP contribution in [0.4, 0.5) is 4.39 Å². The molecule has 0 unspecified atom stereocenters. The van der Waals surface area contributed by atoms with Crippen LogP contribution in [0.15, 0.2) is 76.8 Å². The zero-order chi connectivity index (χ0) is 18.5. The number of carbonyl (C=O) groups is 2. The number of benzene rings is 2. The van der Waals surface area contributed by atoms with Gasteiger partial charge in [-0.1, -0.05) is 30.3 Å². The van der Waals surface area contributed by atoms with Crippen molar-refractivity contribution in [1.29, 1.82) is 0 Å². The Hall–Kier alpha value is -3.67. The zero-order valence-corrected chi connectivity index (χ0v) is 13.5. The van der Waals surface area contributed by atoms with Gasteiger partial charge in [0.2, 0.25) is 0 Å². The summed E-state index contributed by atoms with van der Waals surface area (Å²) in [6.45, 7) is 0. The van der Waals surface area contributed by atoms with E-state index in [1.165, 1.54) is 24.3 Å². The van der Waals surface area contributed by atoms with Gasteiger partial charge >= 0.3 is 5.97 Å². The molecule has 0 radical (unpaired) electrons. The Morgan fingerprint density at radius 2 is 1.77 bits per heavy atom. The van der Waals surface area contributed by atoms with E-state index in [4.69, 9.17) is 4.42 Å². The number of aliphatic carboxylic acids is 1. The molecule has 3 aromatic rings. The fraction of sp³-hybridized carbons (Fsp3) is 0. The van der Waals surface area contributed by atoms with Crippen molar-refractivity contribution in [3.63, 3.8) is 0 Å². The molecule has 0 saturated carbocycles. The number of hydrogen-bond acceptors (Lipinski definition) is 3. The Morgan fingerprint density at radius 3 is 2.46 bits per heavy atom. The van der Waals surface area contributed by atoms with Crippen molar-refractivity contribution in [3.05, 3.63) is 89.6 Å². The van der Waals surface area contributed by atoms with Crippen LogP contribution in [0.25, 0.3) is 17.4 Å². The SMILES string of the molecule is O=C(O)/C(=C\c1ccc(-c2cccc(F)c2)o1)NC(=O)c1ccccc1. The Bertz CT molecular complexity index is 976. The standard InChI is InChI=1S/C20H14FNO4/c21-15-8-4-7-14(11-15)18-10-9-16(26-18)12-17(20(24)25)22-19(23)13-5-2-1-3-6-13/h1-12H,(H,22,23)(H,24,25)/b17-12+. The normalized spacial score (nSPS) is 11.2. The first kappa shape index (κ1) is 17.2. The predicted molar refractivity (Wildman–Crippen MR) is 93.6 cm³/mol. The highest BCUT2D eigenvalue weighted by molar-refractivity contribution is 6.02. The summed E-state index contributed by atoms with van der Waals surface area (Å²) in [5, 5.41) is 11.7. The summed E-state index contributed by atoms with van der Waals surface area (Å²) < 4.78 is 18.8. The molecule has 26 heavy (non-hydrogen) atoms. The molecule has 6 heteroatoms. The number of halogens is 1. The molecule has 0 fully saturated rings. The molecular weight excluding hydrogens is 337 g/mol. The average Bonchev–Trinajstić information content (AvgIpc) is 3.10. The van der Waals surface area contributed by atoms with E-state index in [1.807, 2.05) is 0 Å². The minimum absolute atomic E-state index is 0.218. The molecule has 0 aliphatic heterocycles. The Labute approximate surface area is 148 Å². The van der Waals surface area contributed by atoms with Gasteiger partial charge in [-0.15, -0.1) is 0 Å². The van der Waals surface area contributed by atoms with E-state index >= 15 is 0 Å². The van der Waals surface area contributed by atoms with Crippen LogP contribution in [0.3, 0.4) is 0 Å². The topological polar surface area (TPSA) is 79.5 Å². The van der Waals surface area contributed by atoms with Gasteiger partial charge in [-0.05, 0) is 36.4 Å². The summed E-state index contributed by atoms with van der Waals surface area (Å²) in [6.07, 6.45) is 1.20. The Kier molecular flexibility index (Phi) is 4.94. The largest absolute Gasteiger partial charge is 0.477 e. The molecule has 1 heterocycles. The van der Waals surface area contributed by atoms with Gasteiger partial charge < -0.3 is 14.8 Å². The lowest BCUT2D eigenvalue weighted by Crippen LogP contribution is -2.27. The number of nitrogens with one attached hydrogen (secondary N) is 1. The fourth-order valence-corrected chi connectivity index (χ4v) is 2.30. The third-order valence-corrected chi connectivity index (χ3v) is 3.54. The van der Waals surface area contributed by atoms with Gasteiger partial charge in [0.1, 0.15) is 23.0 Å². The molecule has 1 aromatic heterocycles. The van der Waals surface area contributed by atoms with Gasteiger partial charge in [0.05, 0.1) is 0 Å². The maximum absolute atomic E-state index is 13.3. The molecule has 0 bridgehead atoms. The smallest absolute Gasteiger partial charge is 0.352 e. The highest BCUT2D eigenvalue weighted by Gasteiger charge is 2.14. The van der Waals surface area contributed by atoms with Crippen molar-refractivity contribution in [3.8, 4) is 11.3 Å². The van der Waals surface area contributed by atoms with Gasteiger partial charge in [-0.3, -0.25) is 4.79 Å². The number of carboxylic acids is 1. The Balaban J connectivity index is 1.84. The number of hydrogen-bond donors (Lipinski definition) is 2. The second-order valence-corrected chi connectivity index (χ2v) is 5.40. The quantitative estimate of drug-likeness (QED) is 0.683. The minimum Gasteiger partial charge on any atom is -0.477 e. The molecule has 5 nitrogen and oxygen atoms in total. The molecular formula is C20H14FNO4. The van der Waals surface area contributed by atoms with E-state index in [-0.39, 0.29) is 11.5 Å². The first-order valence-electron chi connectivity index (χ1n) is 7.70. The summed E-state index contributed by atoms with van der Waals surface area (Å²) in [5.41, 5.74) is 0.522. The van der Waals surface area contributed by atoms with Gasteiger partial charge in [0.25, 0.3) is 5.91 Å². The lowest BCUT2D eigenvalue weighted by Gasteiger charge is -2.05. The molecule has 2 N–H and O–H groups in total. The number of carboxylic acid groups (broad SMARTS) is 1. The summed E-state index contributed by atoms with van der Waals surface area (Å²) in [4.78, 5) is 23.5. The molecule has 2 aromatic carbocycles. The molecule has 1 amide bonds. The van der Waals surface area contributed by atoms with Crippen LogP contribution >= 0.6 is 0 Å². The van der Waals surface area contributed by atoms with Crippen LogP contribution in [0, 0.1) is 5.82 Å². The van der Waals surface area contributed by atoms with Gasteiger partial charge in [-0.25, -0.2) is 9.18 Å². The molecule has 0 aliphatic carbocycles. The van der Waals surface area contributed by atoms with E-state index in [1.54, 1.807) is 48.5 Å². The van der Waals surface area contributed by atoms with Gasteiger partial charge in [0, 0.05) is 17.2 Å². The first-order valence-corrected chi connectivity index (χ1v) is 7.70. The van der Waals surface area contributed by atoms with Crippen LogP contribution in [0.1, 0.15) is 16.1 Å². The number of amides is 1. The van der Waals surface area contributed by atoms with Crippen molar-refractivity contribution < 1.29 is 23.5 Å². The number of rotatable bonds is 5. The highest BCUT2D eigenvalue weighted by Crippen LogP contribution is 2.23. The van der Waals surface area contributed by atoms with Crippen molar-refractivity contribution in [2.75, 3.05) is 0 Å². The predicted octanol–water partition coefficient (Wildman–Crippen LogP) is 3.94. The second kappa shape index (κ2) is 7.48. The summed E-state index contributed by atoms with van der Waals surface area (Å²) in [6, 6.07) is 17.2. The van der Waals surface area contributed by atoms with Crippen molar-refractivity contribution in [2.45, 2.75) is 0 Å². The highest BCUT2D eigenvalue weighted by atomic mass is 19.1.